The molecule has 1 fully saturated rings. The molecule has 4 aromatic rings. The molecule has 0 atom stereocenters. The lowest BCUT2D eigenvalue weighted by Crippen LogP contribution is -2.48. The summed E-state index contributed by atoms with van der Waals surface area (Å²) in [5.74, 6) is 2.68. The monoisotopic (exact) mass is 464 g/mol. The number of nitrogens with zero attached hydrogens (tertiary/aromatic N) is 6. The SMILES string of the molecule is Cc1ccc(Cl)cc1N1CCN(c2c3c(nc4nc(-c5cccs5)nn24)CCCC3)CC1. The zero-order chi connectivity index (χ0) is 21.7. The number of aromatic nitrogens is 4. The van der Waals surface area contributed by atoms with Gasteiger partial charge in [-0.2, -0.15) is 9.50 Å². The molecule has 6 nitrogen and oxygen atoms in total. The van der Waals surface area contributed by atoms with Crippen molar-refractivity contribution in [3.05, 3.63) is 57.6 Å². The molecule has 4 heterocycles. The molecule has 6 rings (SSSR count). The topological polar surface area (TPSA) is 49.6 Å². The van der Waals surface area contributed by atoms with E-state index in [0.717, 1.165) is 60.5 Å². The maximum absolute atomic E-state index is 6.29. The first kappa shape index (κ1) is 20.0. The summed E-state index contributed by atoms with van der Waals surface area (Å²) in [4.78, 5) is 15.7. The first-order valence-electron chi connectivity index (χ1n) is 11.3. The Kier molecular flexibility index (Phi) is 5.03. The minimum Gasteiger partial charge on any atom is -0.368 e. The molecule has 3 aromatic heterocycles. The average Bonchev–Trinajstić information content (AvgIpc) is 3.49. The van der Waals surface area contributed by atoms with Crippen molar-refractivity contribution in [3.8, 4) is 10.7 Å². The molecule has 0 N–H and O–H groups in total. The lowest BCUT2D eigenvalue weighted by molar-refractivity contribution is 0.614. The Balaban J connectivity index is 1.37. The molecule has 0 spiro atoms. The maximum Gasteiger partial charge on any atom is 0.254 e. The van der Waals surface area contributed by atoms with Crippen LogP contribution >= 0.6 is 22.9 Å². The Hall–Kier alpha value is -2.64. The van der Waals surface area contributed by atoms with Gasteiger partial charge in [0, 0.05) is 42.5 Å². The van der Waals surface area contributed by atoms with Gasteiger partial charge in [-0.25, -0.2) is 4.98 Å². The molecule has 0 radical (unpaired) electrons. The predicted molar refractivity (Wildman–Crippen MR) is 131 cm³/mol. The van der Waals surface area contributed by atoms with E-state index in [1.165, 1.54) is 41.2 Å². The molecule has 1 aromatic carbocycles. The summed E-state index contributed by atoms with van der Waals surface area (Å²) in [7, 11) is 0. The van der Waals surface area contributed by atoms with Crippen molar-refractivity contribution in [1.29, 1.82) is 0 Å². The van der Waals surface area contributed by atoms with Gasteiger partial charge in [0.15, 0.2) is 5.82 Å². The van der Waals surface area contributed by atoms with Crippen LogP contribution in [0.2, 0.25) is 5.02 Å². The van der Waals surface area contributed by atoms with Crippen LogP contribution < -0.4 is 9.80 Å². The fraction of sp³-hybridized carbons (Fsp3) is 0.375. The van der Waals surface area contributed by atoms with E-state index in [0.29, 0.717) is 0 Å². The van der Waals surface area contributed by atoms with Gasteiger partial charge in [0.2, 0.25) is 0 Å². The zero-order valence-corrected chi connectivity index (χ0v) is 19.7. The maximum atomic E-state index is 6.29. The van der Waals surface area contributed by atoms with Gasteiger partial charge in [0.05, 0.1) is 10.6 Å². The first-order chi connectivity index (χ1) is 15.7. The third kappa shape index (κ3) is 3.44. The van der Waals surface area contributed by atoms with Crippen LogP contribution in [-0.4, -0.2) is 45.8 Å². The zero-order valence-electron chi connectivity index (χ0n) is 18.1. The van der Waals surface area contributed by atoms with Gasteiger partial charge < -0.3 is 9.80 Å². The summed E-state index contributed by atoms with van der Waals surface area (Å²) in [6.07, 6.45) is 4.50. The molecule has 2 aliphatic rings. The van der Waals surface area contributed by atoms with Crippen molar-refractivity contribution in [2.24, 2.45) is 0 Å². The molecule has 0 unspecified atom stereocenters. The molecule has 164 valence electrons. The lowest BCUT2D eigenvalue weighted by atomic mass is 9.96. The Morgan fingerprint density at radius 2 is 1.78 bits per heavy atom. The molecule has 0 amide bonds. The molecule has 0 saturated carbocycles. The number of piperazine rings is 1. The van der Waals surface area contributed by atoms with E-state index in [-0.39, 0.29) is 0 Å². The number of halogens is 1. The summed E-state index contributed by atoms with van der Waals surface area (Å²) in [5, 5.41) is 7.78. The van der Waals surface area contributed by atoms with E-state index in [1.807, 2.05) is 16.6 Å². The summed E-state index contributed by atoms with van der Waals surface area (Å²) >= 11 is 7.96. The second-order valence-corrected chi connectivity index (χ2v) is 9.98. The van der Waals surface area contributed by atoms with Crippen LogP contribution in [0.1, 0.15) is 29.7 Å². The smallest absolute Gasteiger partial charge is 0.254 e. The van der Waals surface area contributed by atoms with Crippen LogP contribution in [0.3, 0.4) is 0 Å². The highest BCUT2D eigenvalue weighted by molar-refractivity contribution is 7.13. The van der Waals surface area contributed by atoms with E-state index < -0.39 is 0 Å². The van der Waals surface area contributed by atoms with Crippen molar-refractivity contribution < 1.29 is 0 Å². The minimum atomic E-state index is 0.720. The summed E-state index contributed by atoms with van der Waals surface area (Å²) in [6, 6.07) is 10.3. The predicted octanol–water partition coefficient (Wildman–Crippen LogP) is 5.02. The van der Waals surface area contributed by atoms with Gasteiger partial charge in [0.25, 0.3) is 5.78 Å². The van der Waals surface area contributed by atoms with Crippen LogP contribution in [0, 0.1) is 6.92 Å². The standard InChI is InChI=1S/C24H25ClN6S/c1-16-8-9-17(25)15-20(16)29-10-12-30(13-11-29)23-18-5-2-3-6-19(18)26-24-27-22(28-31(23)24)21-7-4-14-32-21/h4,7-9,14-15H,2-3,5-6,10-13H2,1H3. The third-order valence-corrected chi connectivity index (χ3v) is 7.67. The van der Waals surface area contributed by atoms with Gasteiger partial charge in [-0.1, -0.05) is 23.7 Å². The highest BCUT2D eigenvalue weighted by Crippen LogP contribution is 2.33. The van der Waals surface area contributed by atoms with E-state index in [2.05, 4.69) is 40.3 Å². The number of hydrogen-bond donors (Lipinski definition) is 0. The van der Waals surface area contributed by atoms with Crippen LogP contribution in [0.15, 0.2) is 35.7 Å². The Morgan fingerprint density at radius 3 is 2.59 bits per heavy atom. The molecule has 1 aliphatic carbocycles. The average molecular weight is 465 g/mol. The summed E-state index contributed by atoms with van der Waals surface area (Å²) in [6.45, 7) is 5.93. The largest absolute Gasteiger partial charge is 0.368 e. The van der Waals surface area contributed by atoms with Crippen molar-refractivity contribution in [2.45, 2.75) is 32.6 Å². The Labute approximate surface area is 196 Å². The second kappa shape index (κ2) is 8.05. The summed E-state index contributed by atoms with van der Waals surface area (Å²) < 4.78 is 2.00. The number of thiophene rings is 1. The normalized spacial score (nSPS) is 16.6. The van der Waals surface area contributed by atoms with Gasteiger partial charge in [0.1, 0.15) is 5.82 Å². The number of aryl methyl sites for hydroxylation is 2. The first-order valence-corrected chi connectivity index (χ1v) is 12.5. The number of rotatable bonds is 3. The summed E-state index contributed by atoms with van der Waals surface area (Å²) in [5.41, 5.74) is 5.07. The van der Waals surface area contributed by atoms with E-state index in [9.17, 15) is 0 Å². The fourth-order valence-corrected chi connectivity index (χ4v) is 5.76. The van der Waals surface area contributed by atoms with Crippen molar-refractivity contribution >= 4 is 40.2 Å². The van der Waals surface area contributed by atoms with E-state index in [1.54, 1.807) is 11.3 Å². The molecule has 8 heteroatoms. The highest BCUT2D eigenvalue weighted by Gasteiger charge is 2.27. The fourth-order valence-electron chi connectivity index (χ4n) is 4.94. The minimum absolute atomic E-state index is 0.720. The van der Waals surface area contributed by atoms with Gasteiger partial charge in [-0.3, -0.25) is 0 Å². The molecular weight excluding hydrogens is 440 g/mol. The highest BCUT2D eigenvalue weighted by atomic mass is 35.5. The third-order valence-electron chi connectivity index (χ3n) is 6.57. The van der Waals surface area contributed by atoms with Crippen LogP contribution in [0.5, 0.6) is 0 Å². The number of fused-ring (bicyclic) bond motifs is 2. The van der Waals surface area contributed by atoms with Gasteiger partial charge in [-0.05, 0) is 61.7 Å². The second-order valence-electron chi connectivity index (χ2n) is 8.60. The molecular formula is C24H25ClN6S. The van der Waals surface area contributed by atoms with Crippen LogP contribution in [0.4, 0.5) is 11.5 Å². The quantitative estimate of drug-likeness (QED) is 0.426. The molecule has 1 aliphatic heterocycles. The van der Waals surface area contributed by atoms with Gasteiger partial charge >= 0.3 is 0 Å². The van der Waals surface area contributed by atoms with Crippen molar-refractivity contribution in [2.75, 3.05) is 36.0 Å². The van der Waals surface area contributed by atoms with Crippen molar-refractivity contribution in [1.82, 2.24) is 19.6 Å². The molecule has 0 bridgehead atoms. The number of anilines is 2. The lowest BCUT2D eigenvalue weighted by Gasteiger charge is -2.39. The van der Waals surface area contributed by atoms with Crippen molar-refractivity contribution in [3.63, 3.8) is 0 Å². The Morgan fingerprint density at radius 1 is 0.969 bits per heavy atom. The van der Waals surface area contributed by atoms with E-state index >= 15 is 0 Å². The number of benzene rings is 1. The van der Waals surface area contributed by atoms with Crippen LogP contribution in [-0.2, 0) is 12.8 Å². The molecule has 1 saturated heterocycles. The Bertz CT molecular complexity index is 1270. The number of hydrogen-bond acceptors (Lipinski definition) is 6. The van der Waals surface area contributed by atoms with Gasteiger partial charge in [-0.15, -0.1) is 16.4 Å². The molecule has 32 heavy (non-hydrogen) atoms. The van der Waals surface area contributed by atoms with E-state index in [4.69, 9.17) is 26.7 Å². The van der Waals surface area contributed by atoms with Crippen LogP contribution in [0.25, 0.3) is 16.5 Å².